The SMILES string of the molecule is CCC1(CC)c2cc(Br)ccc2-c2ccc(N(c3ccccc3)c3c(C(C)C)cccc3C(C)C)cc21. The second-order valence-electron chi connectivity index (χ2n) is 11.0. The minimum atomic E-state index is 0.0191. The van der Waals surface area contributed by atoms with Crippen molar-refractivity contribution in [2.75, 3.05) is 4.90 Å². The molecule has 0 heterocycles. The molecule has 0 bridgehead atoms. The normalized spacial score (nSPS) is 13.6. The fourth-order valence-electron chi connectivity index (χ4n) is 6.36. The second kappa shape index (κ2) is 10.1. The molecule has 0 amide bonds. The van der Waals surface area contributed by atoms with Gasteiger partial charge in [-0.3, -0.25) is 0 Å². The Morgan fingerprint density at radius 3 is 1.78 bits per heavy atom. The molecule has 0 unspecified atom stereocenters. The van der Waals surface area contributed by atoms with E-state index in [0.29, 0.717) is 11.8 Å². The lowest BCUT2D eigenvalue weighted by Gasteiger charge is -2.34. The zero-order valence-electron chi connectivity index (χ0n) is 23.0. The van der Waals surface area contributed by atoms with Crippen LogP contribution in [0, 0.1) is 0 Å². The number of fused-ring (bicyclic) bond motifs is 3. The van der Waals surface area contributed by atoms with Crippen molar-refractivity contribution in [3.05, 3.63) is 112 Å². The molecule has 0 atom stereocenters. The number of nitrogens with zero attached hydrogens (tertiary/aromatic N) is 1. The molecule has 37 heavy (non-hydrogen) atoms. The molecule has 1 nitrogen and oxygen atoms in total. The highest BCUT2D eigenvalue weighted by Crippen LogP contribution is 2.55. The first-order valence-corrected chi connectivity index (χ1v) is 14.5. The molecule has 2 heteroatoms. The van der Waals surface area contributed by atoms with Crippen molar-refractivity contribution in [2.45, 2.75) is 71.6 Å². The van der Waals surface area contributed by atoms with Gasteiger partial charge in [-0.2, -0.15) is 0 Å². The van der Waals surface area contributed by atoms with Crippen LogP contribution < -0.4 is 4.90 Å². The fourth-order valence-corrected chi connectivity index (χ4v) is 6.72. The van der Waals surface area contributed by atoms with Gasteiger partial charge in [-0.1, -0.05) is 106 Å². The van der Waals surface area contributed by atoms with Crippen LogP contribution in [0.25, 0.3) is 11.1 Å². The van der Waals surface area contributed by atoms with Gasteiger partial charge in [-0.15, -0.1) is 0 Å². The average molecular weight is 553 g/mol. The van der Waals surface area contributed by atoms with Crippen LogP contribution in [-0.4, -0.2) is 0 Å². The van der Waals surface area contributed by atoms with E-state index in [4.69, 9.17) is 0 Å². The Morgan fingerprint density at radius 2 is 1.22 bits per heavy atom. The van der Waals surface area contributed by atoms with Crippen LogP contribution in [0.1, 0.15) is 88.5 Å². The van der Waals surface area contributed by atoms with E-state index in [1.165, 1.54) is 50.4 Å². The summed E-state index contributed by atoms with van der Waals surface area (Å²) >= 11 is 3.75. The van der Waals surface area contributed by atoms with Gasteiger partial charge in [0.2, 0.25) is 0 Å². The zero-order valence-corrected chi connectivity index (χ0v) is 24.6. The lowest BCUT2D eigenvalue weighted by Crippen LogP contribution is -2.23. The molecule has 4 aromatic carbocycles. The third-order valence-corrected chi connectivity index (χ3v) is 8.85. The summed E-state index contributed by atoms with van der Waals surface area (Å²) in [5.74, 6) is 0.836. The van der Waals surface area contributed by atoms with Crippen molar-refractivity contribution >= 4 is 33.0 Å². The first-order valence-electron chi connectivity index (χ1n) is 13.7. The van der Waals surface area contributed by atoms with Crippen molar-refractivity contribution in [3.8, 4) is 11.1 Å². The molecule has 0 saturated carbocycles. The van der Waals surface area contributed by atoms with Crippen molar-refractivity contribution in [3.63, 3.8) is 0 Å². The molecule has 0 aliphatic heterocycles. The molecule has 190 valence electrons. The summed E-state index contributed by atoms with van der Waals surface area (Å²) < 4.78 is 1.16. The van der Waals surface area contributed by atoms with Crippen molar-refractivity contribution < 1.29 is 0 Å². The molecule has 0 saturated heterocycles. The van der Waals surface area contributed by atoms with Gasteiger partial charge in [0.25, 0.3) is 0 Å². The van der Waals surface area contributed by atoms with Crippen molar-refractivity contribution in [2.24, 2.45) is 0 Å². The first kappa shape index (κ1) is 25.8. The lowest BCUT2D eigenvalue weighted by molar-refractivity contribution is 0.490. The van der Waals surface area contributed by atoms with E-state index in [1.54, 1.807) is 0 Å². The Labute approximate surface area is 231 Å². The minimum Gasteiger partial charge on any atom is -0.310 e. The van der Waals surface area contributed by atoms with E-state index in [2.05, 4.69) is 147 Å². The summed E-state index contributed by atoms with van der Waals surface area (Å²) in [7, 11) is 0. The summed E-state index contributed by atoms with van der Waals surface area (Å²) in [5, 5.41) is 0. The van der Waals surface area contributed by atoms with Crippen molar-refractivity contribution in [1.29, 1.82) is 0 Å². The first-order chi connectivity index (χ1) is 17.8. The smallest absolute Gasteiger partial charge is 0.0530 e. The molecular weight excluding hydrogens is 514 g/mol. The predicted octanol–water partition coefficient (Wildman–Crippen LogP) is 11.3. The Bertz CT molecular complexity index is 1390. The summed E-state index contributed by atoms with van der Waals surface area (Å²) in [6.07, 6.45) is 2.16. The minimum absolute atomic E-state index is 0.0191. The standard InChI is InChI=1S/C35H38BrN/c1-7-35(8-2)32-21-25(36)17-19-30(32)31-20-18-27(22-33(31)35)37(26-13-10-9-11-14-26)34-28(23(3)4)15-12-16-29(34)24(5)6/h9-24H,7-8H2,1-6H3. The molecule has 0 fully saturated rings. The maximum Gasteiger partial charge on any atom is 0.0530 e. The third kappa shape index (κ3) is 4.24. The van der Waals surface area contributed by atoms with Crippen LogP contribution in [0.4, 0.5) is 17.1 Å². The van der Waals surface area contributed by atoms with Gasteiger partial charge in [0.15, 0.2) is 0 Å². The topological polar surface area (TPSA) is 3.24 Å². The highest BCUT2D eigenvalue weighted by molar-refractivity contribution is 9.10. The molecular formula is C35H38BrN. The van der Waals surface area contributed by atoms with Crippen LogP contribution in [0.3, 0.4) is 0 Å². The molecule has 5 rings (SSSR count). The van der Waals surface area contributed by atoms with Crippen LogP contribution in [0.5, 0.6) is 0 Å². The van der Waals surface area contributed by atoms with E-state index in [1.807, 2.05) is 0 Å². The quantitative estimate of drug-likeness (QED) is 0.220. The molecule has 4 aromatic rings. The summed E-state index contributed by atoms with van der Waals surface area (Å²) in [5.41, 5.74) is 12.2. The Morgan fingerprint density at radius 1 is 0.649 bits per heavy atom. The second-order valence-corrected chi connectivity index (χ2v) is 11.9. The number of hydrogen-bond acceptors (Lipinski definition) is 1. The summed E-state index contributed by atoms with van der Waals surface area (Å²) in [6.45, 7) is 13.9. The van der Waals surface area contributed by atoms with Gasteiger partial charge in [0, 0.05) is 21.3 Å². The average Bonchev–Trinajstić information content (AvgIpc) is 3.17. The lowest BCUT2D eigenvalue weighted by atomic mass is 9.74. The maximum atomic E-state index is 3.75. The van der Waals surface area contributed by atoms with Crippen molar-refractivity contribution in [1.82, 2.24) is 0 Å². The van der Waals surface area contributed by atoms with Crippen LogP contribution in [0.15, 0.2) is 89.4 Å². The fraction of sp³-hybridized carbons (Fsp3) is 0.314. The highest BCUT2D eigenvalue weighted by Gasteiger charge is 2.41. The summed E-state index contributed by atoms with van der Waals surface area (Å²) in [4.78, 5) is 2.51. The monoisotopic (exact) mass is 551 g/mol. The number of para-hydroxylation sites is 2. The Balaban J connectivity index is 1.80. The number of anilines is 3. The molecule has 1 aliphatic rings. The van der Waals surface area contributed by atoms with Gasteiger partial charge in [0.05, 0.1) is 5.69 Å². The number of halogens is 1. The zero-order chi connectivity index (χ0) is 26.3. The van der Waals surface area contributed by atoms with Gasteiger partial charge in [-0.05, 0) is 94.5 Å². The Kier molecular flexibility index (Phi) is 7.07. The van der Waals surface area contributed by atoms with Gasteiger partial charge in [-0.25, -0.2) is 0 Å². The van der Waals surface area contributed by atoms with Crippen LogP contribution >= 0.6 is 15.9 Å². The van der Waals surface area contributed by atoms with E-state index < -0.39 is 0 Å². The van der Waals surface area contributed by atoms with E-state index >= 15 is 0 Å². The highest BCUT2D eigenvalue weighted by atomic mass is 79.9. The number of rotatable bonds is 7. The van der Waals surface area contributed by atoms with Gasteiger partial charge < -0.3 is 4.90 Å². The Hall–Kier alpha value is -2.84. The predicted molar refractivity (Wildman–Crippen MR) is 164 cm³/mol. The molecule has 0 aromatic heterocycles. The largest absolute Gasteiger partial charge is 0.310 e. The number of benzene rings is 4. The van der Waals surface area contributed by atoms with Crippen LogP contribution in [0.2, 0.25) is 0 Å². The van der Waals surface area contributed by atoms with E-state index in [0.717, 1.165) is 17.3 Å². The van der Waals surface area contributed by atoms with E-state index in [9.17, 15) is 0 Å². The summed E-state index contributed by atoms with van der Waals surface area (Å²) in [6, 6.07) is 31.8. The van der Waals surface area contributed by atoms with E-state index in [-0.39, 0.29) is 5.41 Å². The molecule has 0 N–H and O–H groups in total. The molecule has 0 spiro atoms. The molecule has 1 aliphatic carbocycles. The maximum absolute atomic E-state index is 3.75. The molecule has 0 radical (unpaired) electrons. The van der Waals surface area contributed by atoms with Gasteiger partial charge in [0.1, 0.15) is 0 Å². The number of hydrogen-bond donors (Lipinski definition) is 0. The van der Waals surface area contributed by atoms with Crippen LogP contribution in [-0.2, 0) is 5.41 Å². The third-order valence-electron chi connectivity index (χ3n) is 8.35. The van der Waals surface area contributed by atoms with Gasteiger partial charge >= 0.3 is 0 Å².